The Labute approximate surface area is 165 Å². The van der Waals surface area contributed by atoms with Gasteiger partial charge in [0, 0.05) is 0 Å². The van der Waals surface area contributed by atoms with Crippen molar-refractivity contribution < 1.29 is 23.0 Å². The summed E-state index contributed by atoms with van der Waals surface area (Å²) in [5.74, 6) is -0.963. The fourth-order valence-electron chi connectivity index (χ4n) is 2.76. The van der Waals surface area contributed by atoms with E-state index in [9.17, 15) is 13.6 Å². The Morgan fingerprint density at radius 2 is 1.76 bits per heavy atom. The zero-order valence-electron chi connectivity index (χ0n) is 15.1. The predicted molar refractivity (Wildman–Crippen MR) is 104 cm³/mol. The monoisotopic (exact) mass is 391 g/mol. The molecule has 1 aliphatic rings. The minimum absolute atomic E-state index is 0.0666. The van der Waals surface area contributed by atoms with Crippen molar-refractivity contribution in [2.24, 2.45) is 4.99 Å². The smallest absolute Gasteiger partial charge is 0.363 e. The van der Waals surface area contributed by atoms with Gasteiger partial charge in [0.1, 0.15) is 24.0 Å². The third-order valence-corrected chi connectivity index (χ3v) is 4.21. The second kappa shape index (κ2) is 8.06. The summed E-state index contributed by atoms with van der Waals surface area (Å²) in [5, 5.41) is 0. The van der Waals surface area contributed by atoms with Gasteiger partial charge in [0.2, 0.25) is 5.90 Å². The van der Waals surface area contributed by atoms with Gasteiger partial charge in [0.05, 0.1) is 5.56 Å². The Kier molecular flexibility index (Phi) is 5.16. The fourth-order valence-corrected chi connectivity index (χ4v) is 2.76. The Morgan fingerprint density at radius 1 is 0.966 bits per heavy atom. The molecule has 3 aromatic rings. The standard InChI is InChI=1S/C23H15F2NO3/c24-17-10-8-15(9-11-17)14-28-18-5-3-4-16(12-18)13-21-23(27)29-22(26-21)19-6-1-2-7-20(19)25/h1-13H,14H2/b21-13-. The summed E-state index contributed by atoms with van der Waals surface area (Å²) in [6, 6.07) is 19.0. The maximum atomic E-state index is 13.9. The molecule has 0 saturated heterocycles. The minimum atomic E-state index is -0.652. The van der Waals surface area contributed by atoms with Crippen LogP contribution in [-0.2, 0) is 16.1 Å². The van der Waals surface area contributed by atoms with E-state index in [1.54, 1.807) is 54.6 Å². The zero-order chi connectivity index (χ0) is 20.2. The molecule has 0 aromatic heterocycles. The van der Waals surface area contributed by atoms with Crippen molar-refractivity contribution in [3.05, 3.63) is 107 Å². The van der Waals surface area contributed by atoms with Gasteiger partial charge in [0.15, 0.2) is 5.70 Å². The predicted octanol–water partition coefficient (Wildman–Crippen LogP) is 4.89. The second-order valence-electron chi connectivity index (χ2n) is 6.30. The molecule has 0 unspecified atom stereocenters. The van der Waals surface area contributed by atoms with Crippen molar-refractivity contribution in [2.75, 3.05) is 0 Å². The fraction of sp³-hybridized carbons (Fsp3) is 0.0435. The van der Waals surface area contributed by atoms with E-state index in [2.05, 4.69) is 4.99 Å². The molecule has 1 aliphatic heterocycles. The molecular formula is C23H15F2NO3. The lowest BCUT2D eigenvalue weighted by molar-refractivity contribution is -0.129. The number of carbonyl (C=O) groups is 1. The highest BCUT2D eigenvalue weighted by molar-refractivity contribution is 6.12. The Morgan fingerprint density at radius 3 is 2.55 bits per heavy atom. The molecule has 0 amide bonds. The number of aliphatic imine (C=N–C) groups is 1. The summed E-state index contributed by atoms with van der Waals surface area (Å²) >= 11 is 0. The molecule has 0 aliphatic carbocycles. The summed E-state index contributed by atoms with van der Waals surface area (Å²) in [5.41, 5.74) is 1.69. The van der Waals surface area contributed by atoms with Crippen molar-refractivity contribution in [1.29, 1.82) is 0 Å². The molecule has 0 spiro atoms. The summed E-state index contributed by atoms with van der Waals surface area (Å²) < 4.78 is 37.7. The van der Waals surface area contributed by atoms with Crippen LogP contribution in [0.1, 0.15) is 16.7 Å². The molecule has 6 heteroatoms. The van der Waals surface area contributed by atoms with Gasteiger partial charge in [-0.3, -0.25) is 0 Å². The summed E-state index contributed by atoms with van der Waals surface area (Å²) in [7, 11) is 0. The van der Waals surface area contributed by atoms with E-state index >= 15 is 0 Å². The Balaban J connectivity index is 1.52. The van der Waals surface area contributed by atoms with E-state index in [-0.39, 0.29) is 29.6 Å². The van der Waals surface area contributed by atoms with Crippen molar-refractivity contribution in [3.8, 4) is 5.75 Å². The third kappa shape index (κ3) is 4.38. The lowest BCUT2D eigenvalue weighted by Crippen LogP contribution is -2.07. The van der Waals surface area contributed by atoms with Crippen LogP contribution in [0.5, 0.6) is 5.75 Å². The first-order valence-electron chi connectivity index (χ1n) is 8.83. The molecule has 0 bridgehead atoms. The first-order valence-corrected chi connectivity index (χ1v) is 8.83. The molecule has 0 atom stereocenters. The van der Waals surface area contributed by atoms with E-state index in [4.69, 9.17) is 9.47 Å². The number of carbonyl (C=O) groups excluding carboxylic acids is 1. The van der Waals surface area contributed by atoms with E-state index in [0.717, 1.165) is 5.56 Å². The van der Waals surface area contributed by atoms with Crippen molar-refractivity contribution in [2.45, 2.75) is 6.61 Å². The highest BCUT2D eigenvalue weighted by Gasteiger charge is 2.25. The molecule has 144 valence electrons. The van der Waals surface area contributed by atoms with Gasteiger partial charge in [-0.05, 0) is 53.6 Å². The molecule has 29 heavy (non-hydrogen) atoms. The maximum absolute atomic E-state index is 13.9. The van der Waals surface area contributed by atoms with E-state index in [1.165, 1.54) is 24.3 Å². The van der Waals surface area contributed by atoms with Crippen molar-refractivity contribution in [1.82, 2.24) is 0 Å². The molecule has 3 aromatic carbocycles. The van der Waals surface area contributed by atoms with Gasteiger partial charge in [-0.15, -0.1) is 0 Å². The van der Waals surface area contributed by atoms with Crippen LogP contribution >= 0.6 is 0 Å². The normalized spacial score (nSPS) is 14.6. The van der Waals surface area contributed by atoms with Gasteiger partial charge >= 0.3 is 5.97 Å². The van der Waals surface area contributed by atoms with Gasteiger partial charge in [0.25, 0.3) is 0 Å². The van der Waals surface area contributed by atoms with Crippen LogP contribution in [0.2, 0.25) is 0 Å². The largest absolute Gasteiger partial charge is 0.489 e. The Hall–Kier alpha value is -3.80. The number of hydrogen-bond donors (Lipinski definition) is 0. The number of rotatable bonds is 5. The highest BCUT2D eigenvalue weighted by Crippen LogP contribution is 2.22. The second-order valence-corrected chi connectivity index (χ2v) is 6.30. The average Bonchev–Trinajstić information content (AvgIpc) is 3.08. The molecule has 0 radical (unpaired) electrons. The quantitative estimate of drug-likeness (QED) is 0.460. The number of halogens is 2. The van der Waals surface area contributed by atoms with E-state index in [1.807, 2.05) is 0 Å². The molecule has 4 nitrogen and oxygen atoms in total. The summed E-state index contributed by atoms with van der Waals surface area (Å²) in [6.45, 7) is 0.276. The Bertz CT molecular complexity index is 1120. The number of hydrogen-bond acceptors (Lipinski definition) is 4. The van der Waals surface area contributed by atoms with Crippen LogP contribution in [-0.4, -0.2) is 11.9 Å². The molecule has 0 N–H and O–H groups in total. The number of cyclic esters (lactones) is 1. The topological polar surface area (TPSA) is 47.9 Å². The molecule has 0 fully saturated rings. The SMILES string of the molecule is O=C1OC(c2ccccc2F)=N/C1=C\c1cccc(OCc2ccc(F)cc2)c1. The third-order valence-electron chi connectivity index (χ3n) is 4.21. The zero-order valence-corrected chi connectivity index (χ0v) is 15.1. The van der Waals surface area contributed by atoms with Crippen LogP contribution in [0.3, 0.4) is 0 Å². The number of esters is 1. The van der Waals surface area contributed by atoms with Gasteiger partial charge in [-0.2, -0.15) is 0 Å². The van der Waals surface area contributed by atoms with Crippen LogP contribution in [0.15, 0.2) is 83.5 Å². The van der Waals surface area contributed by atoms with Crippen LogP contribution in [0.25, 0.3) is 6.08 Å². The molecule has 4 rings (SSSR count). The van der Waals surface area contributed by atoms with E-state index < -0.39 is 11.8 Å². The van der Waals surface area contributed by atoms with Crippen LogP contribution in [0, 0.1) is 11.6 Å². The maximum Gasteiger partial charge on any atom is 0.363 e. The van der Waals surface area contributed by atoms with Crippen LogP contribution in [0.4, 0.5) is 8.78 Å². The number of nitrogens with zero attached hydrogens (tertiary/aromatic N) is 1. The first kappa shape index (κ1) is 18.6. The number of benzene rings is 3. The minimum Gasteiger partial charge on any atom is -0.489 e. The van der Waals surface area contributed by atoms with Gasteiger partial charge in [-0.25, -0.2) is 18.6 Å². The molecular weight excluding hydrogens is 376 g/mol. The summed E-state index contributed by atoms with van der Waals surface area (Å²) in [4.78, 5) is 16.2. The number of ether oxygens (including phenoxy) is 2. The molecule has 0 saturated carbocycles. The van der Waals surface area contributed by atoms with Crippen molar-refractivity contribution in [3.63, 3.8) is 0 Å². The van der Waals surface area contributed by atoms with Gasteiger partial charge < -0.3 is 9.47 Å². The average molecular weight is 391 g/mol. The van der Waals surface area contributed by atoms with Crippen molar-refractivity contribution >= 4 is 17.9 Å². The van der Waals surface area contributed by atoms with Gasteiger partial charge in [-0.1, -0.05) is 36.4 Å². The lowest BCUT2D eigenvalue weighted by Gasteiger charge is -2.07. The highest BCUT2D eigenvalue weighted by atomic mass is 19.1. The first-order chi connectivity index (χ1) is 14.1. The van der Waals surface area contributed by atoms with E-state index in [0.29, 0.717) is 11.3 Å². The lowest BCUT2D eigenvalue weighted by atomic mass is 10.2. The summed E-state index contributed by atoms with van der Waals surface area (Å²) in [6.07, 6.45) is 1.54. The van der Waals surface area contributed by atoms with Crippen LogP contribution < -0.4 is 4.74 Å². The molecule has 1 heterocycles.